The van der Waals surface area contributed by atoms with Gasteiger partial charge in [0.15, 0.2) is 0 Å². The summed E-state index contributed by atoms with van der Waals surface area (Å²) in [5, 5.41) is 12.1. The van der Waals surface area contributed by atoms with E-state index in [2.05, 4.69) is 41.4 Å². The number of ether oxygens (including phenoxy) is 1. The molecule has 1 aromatic rings. The Morgan fingerprint density at radius 3 is 2.55 bits per heavy atom. The third-order valence-electron chi connectivity index (χ3n) is 3.77. The molecule has 0 spiro atoms. The average Bonchev–Trinajstić information content (AvgIpc) is 2.52. The predicted molar refractivity (Wildman–Crippen MR) is 82.1 cm³/mol. The van der Waals surface area contributed by atoms with Crippen LogP contribution < -0.4 is 10.2 Å². The molecule has 0 radical (unpaired) electrons. The second-order valence-corrected chi connectivity index (χ2v) is 5.23. The van der Waals surface area contributed by atoms with Crippen LogP contribution in [0.3, 0.4) is 0 Å². The van der Waals surface area contributed by atoms with Crippen LogP contribution in [-0.4, -0.2) is 44.1 Å². The van der Waals surface area contributed by atoms with Gasteiger partial charge in [-0.15, -0.1) is 0 Å². The van der Waals surface area contributed by atoms with E-state index in [0.717, 1.165) is 39.0 Å². The first kappa shape index (κ1) is 15.3. The Labute approximate surface area is 121 Å². The van der Waals surface area contributed by atoms with Crippen molar-refractivity contribution in [1.82, 2.24) is 5.32 Å². The van der Waals surface area contributed by atoms with Crippen LogP contribution in [0.2, 0.25) is 0 Å². The van der Waals surface area contributed by atoms with Gasteiger partial charge in [-0.1, -0.05) is 19.1 Å². The molecule has 0 bridgehead atoms. The molecule has 1 aromatic carbocycles. The summed E-state index contributed by atoms with van der Waals surface area (Å²) in [5.41, 5.74) is 2.63. The molecule has 1 aliphatic heterocycles. The molecule has 0 amide bonds. The van der Waals surface area contributed by atoms with Gasteiger partial charge in [0, 0.05) is 25.3 Å². The Morgan fingerprint density at radius 1 is 1.25 bits per heavy atom. The van der Waals surface area contributed by atoms with Gasteiger partial charge in [-0.3, -0.25) is 0 Å². The van der Waals surface area contributed by atoms with Crippen molar-refractivity contribution in [3.63, 3.8) is 0 Å². The highest BCUT2D eigenvalue weighted by Crippen LogP contribution is 2.21. The minimum absolute atomic E-state index is 0.119. The Hall–Kier alpha value is -1.10. The topological polar surface area (TPSA) is 44.7 Å². The van der Waals surface area contributed by atoms with Crippen molar-refractivity contribution in [2.45, 2.75) is 32.4 Å². The summed E-state index contributed by atoms with van der Waals surface area (Å²) in [6, 6.07) is 8.82. The Bertz CT molecular complexity index is 373. The Morgan fingerprint density at radius 2 is 1.95 bits per heavy atom. The number of aliphatic hydroxyl groups is 1. The van der Waals surface area contributed by atoms with Crippen molar-refractivity contribution in [2.75, 3.05) is 37.7 Å². The normalized spacial score (nSPS) is 16.6. The molecule has 0 aliphatic carbocycles. The number of aliphatic hydroxyl groups excluding tert-OH is 1. The Kier molecular flexibility index (Phi) is 6.30. The number of rotatable bonds is 7. The zero-order valence-corrected chi connectivity index (χ0v) is 12.3. The van der Waals surface area contributed by atoms with Gasteiger partial charge in [0.2, 0.25) is 0 Å². The summed E-state index contributed by atoms with van der Waals surface area (Å²) in [4.78, 5) is 2.41. The lowest BCUT2D eigenvalue weighted by molar-refractivity contribution is 0.0159. The molecule has 0 aromatic heterocycles. The van der Waals surface area contributed by atoms with Crippen LogP contribution in [0, 0.1) is 0 Å². The third-order valence-corrected chi connectivity index (χ3v) is 3.77. The van der Waals surface area contributed by atoms with Crippen molar-refractivity contribution >= 4 is 5.69 Å². The van der Waals surface area contributed by atoms with Gasteiger partial charge in [-0.2, -0.15) is 0 Å². The summed E-state index contributed by atoms with van der Waals surface area (Å²) >= 11 is 0. The van der Waals surface area contributed by atoms with Gasteiger partial charge in [-0.05, 0) is 37.1 Å². The predicted octanol–water partition coefficient (Wildman–Crippen LogP) is 1.77. The maximum absolute atomic E-state index is 8.77. The van der Waals surface area contributed by atoms with Gasteiger partial charge in [0.05, 0.1) is 19.3 Å². The SMILES string of the molecule is CCNCc1ccc(N2CCC(OCCO)CC2)cc1. The quantitative estimate of drug-likeness (QED) is 0.798. The molecular weight excluding hydrogens is 252 g/mol. The van der Waals surface area contributed by atoms with Crippen LogP contribution in [0.5, 0.6) is 0 Å². The number of benzene rings is 1. The molecule has 1 heterocycles. The third kappa shape index (κ3) is 4.47. The second-order valence-electron chi connectivity index (χ2n) is 5.23. The lowest BCUT2D eigenvalue weighted by Crippen LogP contribution is -2.37. The van der Waals surface area contributed by atoms with E-state index in [0.29, 0.717) is 12.7 Å². The molecule has 112 valence electrons. The van der Waals surface area contributed by atoms with E-state index >= 15 is 0 Å². The fourth-order valence-electron chi connectivity index (χ4n) is 2.59. The minimum Gasteiger partial charge on any atom is -0.394 e. The fourth-order valence-corrected chi connectivity index (χ4v) is 2.59. The number of anilines is 1. The summed E-state index contributed by atoms with van der Waals surface area (Å²) < 4.78 is 5.59. The van der Waals surface area contributed by atoms with Crippen LogP contribution in [0.25, 0.3) is 0 Å². The van der Waals surface area contributed by atoms with E-state index in [1.165, 1.54) is 11.3 Å². The molecule has 4 heteroatoms. The Balaban J connectivity index is 1.81. The molecule has 2 N–H and O–H groups in total. The molecule has 0 atom stereocenters. The zero-order valence-electron chi connectivity index (χ0n) is 12.3. The van der Waals surface area contributed by atoms with Gasteiger partial charge in [-0.25, -0.2) is 0 Å². The smallest absolute Gasteiger partial charge is 0.0701 e. The molecule has 20 heavy (non-hydrogen) atoms. The van der Waals surface area contributed by atoms with E-state index in [4.69, 9.17) is 9.84 Å². The van der Waals surface area contributed by atoms with E-state index in [1.807, 2.05) is 0 Å². The van der Waals surface area contributed by atoms with Gasteiger partial charge in [0.25, 0.3) is 0 Å². The molecule has 0 unspecified atom stereocenters. The van der Waals surface area contributed by atoms with Crippen molar-refractivity contribution in [3.05, 3.63) is 29.8 Å². The number of hydrogen-bond acceptors (Lipinski definition) is 4. The highest BCUT2D eigenvalue weighted by Gasteiger charge is 2.19. The first-order valence-electron chi connectivity index (χ1n) is 7.60. The number of nitrogens with zero attached hydrogens (tertiary/aromatic N) is 1. The molecule has 2 rings (SSSR count). The largest absolute Gasteiger partial charge is 0.394 e. The van der Waals surface area contributed by atoms with Gasteiger partial charge >= 0.3 is 0 Å². The lowest BCUT2D eigenvalue weighted by atomic mass is 10.1. The van der Waals surface area contributed by atoms with E-state index in [1.54, 1.807) is 0 Å². The van der Waals surface area contributed by atoms with E-state index < -0.39 is 0 Å². The highest BCUT2D eigenvalue weighted by molar-refractivity contribution is 5.48. The first-order valence-corrected chi connectivity index (χ1v) is 7.60. The maximum Gasteiger partial charge on any atom is 0.0701 e. The summed E-state index contributed by atoms with van der Waals surface area (Å²) in [6.07, 6.45) is 2.39. The zero-order chi connectivity index (χ0) is 14.2. The maximum atomic E-state index is 8.77. The molecule has 0 saturated carbocycles. The van der Waals surface area contributed by atoms with Crippen LogP contribution in [0.4, 0.5) is 5.69 Å². The number of piperidine rings is 1. The van der Waals surface area contributed by atoms with Crippen molar-refractivity contribution < 1.29 is 9.84 Å². The standard InChI is InChI=1S/C16H26N2O2/c1-2-17-13-14-3-5-15(6-4-14)18-9-7-16(8-10-18)20-12-11-19/h3-6,16-17,19H,2,7-13H2,1H3. The fraction of sp³-hybridized carbons (Fsp3) is 0.625. The van der Waals surface area contributed by atoms with Crippen molar-refractivity contribution in [3.8, 4) is 0 Å². The molecule has 1 saturated heterocycles. The molecule has 1 aliphatic rings. The lowest BCUT2D eigenvalue weighted by Gasteiger charge is -2.33. The van der Waals surface area contributed by atoms with Gasteiger partial charge < -0.3 is 20.1 Å². The van der Waals surface area contributed by atoms with E-state index in [-0.39, 0.29) is 6.61 Å². The van der Waals surface area contributed by atoms with Crippen LogP contribution in [0.15, 0.2) is 24.3 Å². The highest BCUT2D eigenvalue weighted by atomic mass is 16.5. The number of nitrogens with one attached hydrogen (secondary N) is 1. The summed E-state index contributed by atoms with van der Waals surface area (Å²) in [6.45, 7) is 6.71. The van der Waals surface area contributed by atoms with E-state index in [9.17, 15) is 0 Å². The van der Waals surface area contributed by atoms with Gasteiger partial charge in [0.1, 0.15) is 0 Å². The van der Waals surface area contributed by atoms with Crippen LogP contribution in [0.1, 0.15) is 25.3 Å². The molecule has 4 nitrogen and oxygen atoms in total. The second kappa shape index (κ2) is 8.25. The summed E-state index contributed by atoms with van der Waals surface area (Å²) in [7, 11) is 0. The van der Waals surface area contributed by atoms with Crippen LogP contribution >= 0.6 is 0 Å². The molecule has 1 fully saturated rings. The minimum atomic E-state index is 0.119. The average molecular weight is 278 g/mol. The van der Waals surface area contributed by atoms with Crippen molar-refractivity contribution in [2.24, 2.45) is 0 Å². The summed E-state index contributed by atoms with van der Waals surface area (Å²) in [5.74, 6) is 0. The van der Waals surface area contributed by atoms with Crippen molar-refractivity contribution in [1.29, 1.82) is 0 Å². The first-order chi connectivity index (χ1) is 9.83. The van der Waals surface area contributed by atoms with Crippen LogP contribution in [-0.2, 0) is 11.3 Å². The molecular formula is C16H26N2O2. The monoisotopic (exact) mass is 278 g/mol. The number of hydrogen-bond donors (Lipinski definition) is 2.